The molecule has 1 atom stereocenters. The van der Waals surface area contributed by atoms with E-state index in [1.54, 1.807) is 0 Å². The summed E-state index contributed by atoms with van der Waals surface area (Å²) in [5, 5.41) is 8.42. The first-order valence-electron chi connectivity index (χ1n) is 6.06. The van der Waals surface area contributed by atoms with Crippen LogP contribution in [-0.2, 0) is 9.59 Å². The summed E-state index contributed by atoms with van der Waals surface area (Å²) in [5.74, 6) is -0.966. The number of nitrogens with two attached hydrogens (primary N) is 1. The smallest absolute Gasteiger partial charge is 0.335 e. The van der Waals surface area contributed by atoms with Crippen molar-refractivity contribution in [1.29, 1.82) is 0 Å². The first-order valence-corrected chi connectivity index (χ1v) is 7.11. The molecular weight excluding hydrogens is 280 g/mol. The SMILES string of the molecule is NCCSC1CC(=O)N(c2ccc(C(=O)O)cc2)C1=O. The lowest BCUT2D eigenvalue weighted by Gasteiger charge is -2.15. The van der Waals surface area contributed by atoms with Crippen molar-refractivity contribution in [3.05, 3.63) is 29.8 Å². The van der Waals surface area contributed by atoms with E-state index >= 15 is 0 Å². The van der Waals surface area contributed by atoms with Crippen LogP contribution in [0, 0.1) is 0 Å². The fourth-order valence-corrected chi connectivity index (χ4v) is 2.90. The van der Waals surface area contributed by atoms with E-state index in [0.717, 1.165) is 4.90 Å². The third-order valence-electron chi connectivity index (χ3n) is 2.91. The van der Waals surface area contributed by atoms with Gasteiger partial charge in [-0.25, -0.2) is 9.69 Å². The van der Waals surface area contributed by atoms with Gasteiger partial charge in [-0.2, -0.15) is 0 Å². The molecule has 0 saturated carbocycles. The molecule has 0 spiro atoms. The molecule has 2 amide bonds. The summed E-state index contributed by atoms with van der Waals surface area (Å²) < 4.78 is 0. The van der Waals surface area contributed by atoms with Gasteiger partial charge in [0.2, 0.25) is 11.8 Å². The number of anilines is 1. The maximum atomic E-state index is 12.2. The second kappa shape index (κ2) is 6.06. The molecule has 0 aliphatic carbocycles. The molecule has 7 heteroatoms. The number of hydrogen-bond donors (Lipinski definition) is 2. The number of hydrogen-bond acceptors (Lipinski definition) is 5. The fourth-order valence-electron chi connectivity index (χ4n) is 1.97. The number of imide groups is 1. The lowest BCUT2D eigenvalue weighted by Crippen LogP contribution is -2.31. The van der Waals surface area contributed by atoms with Crippen molar-refractivity contribution in [2.45, 2.75) is 11.7 Å². The van der Waals surface area contributed by atoms with E-state index in [1.165, 1.54) is 36.0 Å². The highest BCUT2D eigenvalue weighted by molar-refractivity contribution is 8.00. The zero-order valence-electron chi connectivity index (χ0n) is 10.6. The lowest BCUT2D eigenvalue weighted by molar-refractivity contribution is -0.121. The van der Waals surface area contributed by atoms with Crippen LogP contribution in [0.25, 0.3) is 0 Å². The van der Waals surface area contributed by atoms with Gasteiger partial charge in [0.25, 0.3) is 0 Å². The molecule has 1 saturated heterocycles. The minimum absolute atomic E-state index is 0.113. The number of carbonyl (C=O) groups excluding carboxylic acids is 2. The molecule has 3 N–H and O–H groups in total. The Balaban J connectivity index is 2.17. The number of nitrogens with zero attached hydrogens (tertiary/aromatic N) is 1. The summed E-state index contributed by atoms with van der Waals surface area (Å²) in [6, 6.07) is 5.68. The van der Waals surface area contributed by atoms with Crippen LogP contribution >= 0.6 is 11.8 Å². The molecule has 1 heterocycles. The number of rotatable bonds is 5. The van der Waals surface area contributed by atoms with E-state index in [1.807, 2.05) is 0 Å². The Hall–Kier alpha value is -1.86. The zero-order chi connectivity index (χ0) is 14.7. The van der Waals surface area contributed by atoms with E-state index in [9.17, 15) is 14.4 Å². The van der Waals surface area contributed by atoms with Crippen LogP contribution in [0.3, 0.4) is 0 Å². The molecule has 0 radical (unpaired) electrons. The Morgan fingerprint density at radius 3 is 2.55 bits per heavy atom. The van der Waals surface area contributed by atoms with Gasteiger partial charge in [0.05, 0.1) is 16.5 Å². The third-order valence-corrected chi connectivity index (χ3v) is 4.16. The van der Waals surface area contributed by atoms with Crippen molar-refractivity contribution < 1.29 is 19.5 Å². The Kier molecular flexibility index (Phi) is 4.41. The highest BCUT2D eigenvalue weighted by Gasteiger charge is 2.39. The number of carboxylic acids is 1. The van der Waals surface area contributed by atoms with Gasteiger partial charge >= 0.3 is 5.97 Å². The summed E-state index contributed by atoms with van der Waals surface area (Å²) in [6.07, 6.45) is 0.157. The normalized spacial score (nSPS) is 18.6. The summed E-state index contributed by atoms with van der Waals surface area (Å²) in [6.45, 7) is 0.454. The molecule has 1 fully saturated rings. The number of carboxylic acid groups (broad SMARTS) is 1. The number of benzene rings is 1. The van der Waals surface area contributed by atoms with E-state index in [-0.39, 0.29) is 23.8 Å². The fraction of sp³-hybridized carbons (Fsp3) is 0.308. The van der Waals surface area contributed by atoms with E-state index in [0.29, 0.717) is 18.0 Å². The van der Waals surface area contributed by atoms with Crippen LogP contribution in [0.5, 0.6) is 0 Å². The van der Waals surface area contributed by atoms with Crippen molar-refractivity contribution >= 4 is 35.2 Å². The largest absolute Gasteiger partial charge is 0.478 e. The van der Waals surface area contributed by atoms with Crippen LogP contribution in [0.2, 0.25) is 0 Å². The van der Waals surface area contributed by atoms with Gasteiger partial charge in [0.15, 0.2) is 0 Å². The number of aromatic carboxylic acids is 1. The Morgan fingerprint density at radius 2 is 2.00 bits per heavy atom. The summed E-state index contributed by atoms with van der Waals surface area (Å²) >= 11 is 1.37. The molecule has 0 aromatic heterocycles. The van der Waals surface area contributed by atoms with E-state index in [2.05, 4.69) is 0 Å². The van der Waals surface area contributed by atoms with E-state index in [4.69, 9.17) is 10.8 Å². The molecule has 1 aliphatic heterocycles. The van der Waals surface area contributed by atoms with Gasteiger partial charge in [-0.3, -0.25) is 9.59 Å². The average Bonchev–Trinajstić information content (AvgIpc) is 2.71. The Morgan fingerprint density at radius 1 is 1.35 bits per heavy atom. The minimum atomic E-state index is -1.05. The maximum Gasteiger partial charge on any atom is 0.335 e. The van der Waals surface area contributed by atoms with Gasteiger partial charge < -0.3 is 10.8 Å². The van der Waals surface area contributed by atoms with Crippen molar-refractivity contribution in [1.82, 2.24) is 0 Å². The predicted molar refractivity (Wildman–Crippen MR) is 75.8 cm³/mol. The summed E-state index contributed by atoms with van der Waals surface area (Å²) in [4.78, 5) is 36.0. The standard InChI is InChI=1S/C13H14N2O4S/c14-5-6-20-10-7-11(16)15(12(10)17)9-3-1-8(2-4-9)13(18)19/h1-4,10H,5-7,14H2,(H,18,19). The highest BCUT2D eigenvalue weighted by atomic mass is 32.2. The quantitative estimate of drug-likeness (QED) is 0.776. The van der Waals surface area contributed by atoms with Crippen LogP contribution in [0.15, 0.2) is 24.3 Å². The highest BCUT2D eigenvalue weighted by Crippen LogP contribution is 2.29. The number of amides is 2. The topological polar surface area (TPSA) is 101 Å². The van der Waals surface area contributed by atoms with Crippen LogP contribution in [0.1, 0.15) is 16.8 Å². The van der Waals surface area contributed by atoms with E-state index < -0.39 is 11.2 Å². The maximum absolute atomic E-state index is 12.2. The van der Waals surface area contributed by atoms with Gasteiger partial charge in [-0.1, -0.05) is 0 Å². The molecule has 1 aromatic rings. The lowest BCUT2D eigenvalue weighted by atomic mass is 10.2. The van der Waals surface area contributed by atoms with Crippen molar-refractivity contribution in [2.75, 3.05) is 17.2 Å². The molecule has 1 unspecified atom stereocenters. The zero-order valence-corrected chi connectivity index (χ0v) is 11.4. The summed E-state index contributed by atoms with van der Waals surface area (Å²) in [5.41, 5.74) is 5.91. The first-order chi connectivity index (χ1) is 9.54. The monoisotopic (exact) mass is 294 g/mol. The minimum Gasteiger partial charge on any atom is -0.478 e. The predicted octanol–water partition coefficient (Wildman–Crippen LogP) is 0.709. The molecule has 106 valence electrons. The molecule has 20 heavy (non-hydrogen) atoms. The van der Waals surface area contributed by atoms with Crippen LogP contribution in [-0.4, -0.2) is 40.4 Å². The third kappa shape index (κ3) is 2.83. The Bertz CT molecular complexity index is 544. The molecule has 6 nitrogen and oxygen atoms in total. The average molecular weight is 294 g/mol. The molecule has 1 aromatic carbocycles. The van der Waals surface area contributed by atoms with Crippen LogP contribution in [0.4, 0.5) is 5.69 Å². The first kappa shape index (κ1) is 14.5. The Labute approximate surface area is 119 Å². The van der Waals surface area contributed by atoms with Crippen molar-refractivity contribution in [3.63, 3.8) is 0 Å². The summed E-state index contributed by atoms with van der Waals surface area (Å²) in [7, 11) is 0. The van der Waals surface area contributed by atoms with Crippen molar-refractivity contribution in [2.24, 2.45) is 5.73 Å². The van der Waals surface area contributed by atoms with Crippen molar-refractivity contribution in [3.8, 4) is 0 Å². The number of carbonyl (C=O) groups is 3. The molecule has 2 rings (SSSR count). The second-order valence-electron chi connectivity index (χ2n) is 4.27. The van der Waals surface area contributed by atoms with Gasteiger partial charge in [-0.15, -0.1) is 11.8 Å². The molecule has 0 bridgehead atoms. The second-order valence-corrected chi connectivity index (χ2v) is 5.58. The van der Waals surface area contributed by atoms with Crippen LogP contribution < -0.4 is 10.6 Å². The van der Waals surface area contributed by atoms with Gasteiger partial charge in [-0.05, 0) is 24.3 Å². The van der Waals surface area contributed by atoms with Gasteiger partial charge in [0.1, 0.15) is 0 Å². The number of thioether (sulfide) groups is 1. The molecular formula is C13H14N2O4S. The van der Waals surface area contributed by atoms with Gasteiger partial charge in [0, 0.05) is 18.7 Å². The molecule has 1 aliphatic rings.